The van der Waals surface area contributed by atoms with Crippen LogP contribution in [0.25, 0.3) is 0 Å². The lowest BCUT2D eigenvalue weighted by atomic mass is 9.97. The van der Waals surface area contributed by atoms with E-state index in [2.05, 4.69) is 78.1 Å². The minimum absolute atomic E-state index is 0.0294. The van der Waals surface area contributed by atoms with Gasteiger partial charge in [0.1, 0.15) is 0 Å². The third-order valence-electron chi connectivity index (χ3n) is 3.76. The van der Waals surface area contributed by atoms with Crippen LogP contribution in [-0.4, -0.2) is 46.2 Å². The Morgan fingerprint density at radius 1 is 0.778 bits per heavy atom. The van der Waals surface area contributed by atoms with Crippen LogP contribution in [0.2, 0.25) is 65.0 Å². The SMILES string of the molecule is CC(C)C(C)C(=O)NCCC[Si](O[Si](C)(C)C)(O[Si](C)(C)C)O[Si](C)(C)C. The van der Waals surface area contributed by atoms with Gasteiger partial charge in [-0.1, -0.05) is 20.8 Å². The quantitative estimate of drug-likeness (QED) is 0.324. The van der Waals surface area contributed by atoms with E-state index in [4.69, 9.17) is 12.3 Å². The first-order valence-electron chi connectivity index (χ1n) is 10.2. The number of hydrogen-bond donors (Lipinski definition) is 1. The fraction of sp³-hybridized carbons (Fsp3) is 0.944. The van der Waals surface area contributed by atoms with Gasteiger partial charge in [-0.05, 0) is 71.3 Å². The van der Waals surface area contributed by atoms with Crippen molar-refractivity contribution in [2.24, 2.45) is 11.8 Å². The Balaban J connectivity index is 5.24. The zero-order valence-electron chi connectivity index (χ0n) is 19.9. The van der Waals surface area contributed by atoms with E-state index in [0.29, 0.717) is 12.5 Å². The minimum Gasteiger partial charge on any atom is -0.417 e. The Morgan fingerprint density at radius 3 is 1.44 bits per heavy atom. The summed E-state index contributed by atoms with van der Waals surface area (Å²) in [5.74, 6) is 0.501. The fourth-order valence-corrected chi connectivity index (χ4v) is 17.3. The molecule has 1 N–H and O–H groups in total. The number of nitrogens with one attached hydrogen (secondary N) is 1. The van der Waals surface area contributed by atoms with Crippen LogP contribution in [0.5, 0.6) is 0 Å². The number of hydrogen-bond acceptors (Lipinski definition) is 4. The lowest BCUT2D eigenvalue weighted by molar-refractivity contribution is -0.125. The Morgan fingerprint density at radius 2 is 1.15 bits per heavy atom. The van der Waals surface area contributed by atoms with E-state index in [-0.39, 0.29) is 11.8 Å². The van der Waals surface area contributed by atoms with Crippen molar-refractivity contribution >= 4 is 39.7 Å². The van der Waals surface area contributed by atoms with E-state index in [1.807, 2.05) is 6.92 Å². The third kappa shape index (κ3) is 13.1. The molecular weight excluding hydrogens is 407 g/mol. The summed E-state index contributed by atoms with van der Waals surface area (Å²) in [7, 11) is -8.30. The number of rotatable bonds is 12. The van der Waals surface area contributed by atoms with E-state index in [1.165, 1.54) is 0 Å². The molecule has 0 rings (SSSR count). The predicted octanol–water partition coefficient (Wildman–Crippen LogP) is 5.28. The van der Waals surface area contributed by atoms with Crippen LogP contribution < -0.4 is 5.32 Å². The fourth-order valence-electron chi connectivity index (χ4n) is 2.60. The maximum absolute atomic E-state index is 12.2. The van der Waals surface area contributed by atoms with Gasteiger partial charge in [-0.15, -0.1) is 0 Å². The van der Waals surface area contributed by atoms with Gasteiger partial charge < -0.3 is 17.7 Å². The van der Waals surface area contributed by atoms with Crippen molar-refractivity contribution in [1.29, 1.82) is 0 Å². The van der Waals surface area contributed by atoms with Crippen molar-refractivity contribution in [3.63, 3.8) is 0 Å². The first-order chi connectivity index (χ1) is 11.9. The standard InChI is InChI=1S/C18H45NO4Si4/c1-16(2)17(3)18(20)19-14-13-15-27(21-24(4,5)6,22-25(7,8)9)23-26(10,11)12/h16-17H,13-15H2,1-12H3,(H,19,20). The van der Waals surface area contributed by atoms with Crippen molar-refractivity contribution in [2.75, 3.05) is 6.54 Å². The molecule has 0 aliphatic heterocycles. The molecule has 0 spiro atoms. The van der Waals surface area contributed by atoms with Gasteiger partial charge in [0.2, 0.25) is 5.91 Å². The van der Waals surface area contributed by atoms with E-state index < -0.39 is 33.8 Å². The first-order valence-corrected chi connectivity index (χ1v) is 22.4. The number of carbonyl (C=O) groups is 1. The van der Waals surface area contributed by atoms with Gasteiger partial charge in [0.25, 0.3) is 0 Å². The number of carbonyl (C=O) groups excluding carboxylic acids is 1. The van der Waals surface area contributed by atoms with Crippen molar-refractivity contribution < 1.29 is 17.1 Å². The van der Waals surface area contributed by atoms with Crippen molar-refractivity contribution in [1.82, 2.24) is 5.32 Å². The van der Waals surface area contributed by atoms with Gasteiger partial charge in [-0.2, -0.15) is 0 Å². The summed E-state index contributed by atoms with van der Waals surface area (Å²) in [5, 5.41) is 3.08. The molecule has 0 saturated heterocycles. The van der Waals surface area contributed by atoms with Gasteiger partial charge >= 0.3 is 8.80 Å². The molecule has 0 aromatic carbocycles. The molecule has 1 unspecified atom stereocenters. The average Bonchev–Trinajstić information content (AvgIpc) is 2.36. The summed E-state index contributed by atoms with van der Waals surface area (Å²) in [4.78, 5) is 12.2. The molecule has 0 aromatic heterocycles. The maximum Gasteiger partial charge on any atom is 0.469 e. The molecule has 1 amide bonds. The summed E-state index contributed by atoms with van der Waals surface area (Å²) < 4.78 is 20.0. The highest BCUT2D eigenvalue weighted by molar-refractivity contribution is 6.90. The van der Waals surface area contributed by atoms with Crippen LogP contribution in [-0.2, 0) is 17.1 Å². The topological polar surface area (TPSA) is 56.8 Å². The highest BCUT2D eigenvalue weighted by Gasteiger charge is 2.49. The highest BCUT2D eigenvalue weighted by atomic mass is 28.5. The largest absolute Gasteiger partial charge is 0.469 e. The van der Waals surface area contributed by atoms with Gasteiger partial charge in [0.05, 0.1) is 0 Å². The van der Waals surface area contributed by atoms with Crippen LogP contribution in [0.1, 0.15) is 27.2 Å². The van der Waals surface area contributed by atoms with Gasteiger partial charge in [0, 0.05) is 18.5 Å². The van der Waals surface area contributed by atoms with E-state index in [0.717, 1.165) is 12.5 Å². The maximum atomic E-state index is 12.2. The third-order valence-corrected chi connectivity index (χ3v) is 15.8. The molecule has 0 fully saturated rings. The lowest BCUT2D eigenvalue weighted by Crippen LogP contribution is -2.60. The summed E-state index contributed by atoms with van der Waals surface area (Å²) in [6.45, 7) is 26.5. The zero-order chi connectivity index (χ0) is 21.7. The van der Waals surface area contributed by atoms with Crippen LogP contribution in [0.3, 0.4) is 0 Å². The Bertz CT molecular complexity index is 427. The molecule has 0 saturated carbocycles. The van der Waals surface area contributed by atoms with Crippen LogP contribution in [0.4, 0.5) is 0 Å². The molecule has 5 nitrogen and oxygen atoms in total. The second-order valence-electron chi connectivity index (χ2n) is 10.8. The van der Waals surface area contributed by atoms with Crippen molar-refractivity contribution in [2.45, 2.75) is 92.2 Å². The van der Waals surface area contributed by atoms with Gasteiger partial charge in [0.15, 0.2) is 25.0 Å². The molecular formula is C18H45NO4Si4. The van der Waals surface area contributed by atoms with Crippen molar-refractivity contribution in [3.05, 3.63) is 0 Å². The number of amides is 1. The first kappa shape index (κ1) is 27.2. The second-order valence-corrected chi connectivity index (χ2v) is 27.7. The molecule has 0 aliphatic carbocycles. The molecule has 0 aliphatic rings. The average molecular weight is 452 g/mol. The lowest BCUT2D eigenvalue weighted by Gasteiger charge is -2.43. The molecule has 27 heavy (non-hydrogen) atoms. The monoisotopic (exact) mass is 451 g/mol. The normalized spacial score (nSPS) is 15.1. The molecule has 0 bridgehead atoms. The molecule has 9 heteroatoms. The Kier molecular flexibility index (Phi) is 10.4. The Hall–Kier alpha value is 0.218. The minimum atomic E-state index is -2.79. The van der Waals surface area contributed by atoms with Crippen LogP contribution in [0.15, 0.2) is 0 Å². The van der Waals surface area contributed by atoms with E-state index >= 15 is 0 Å². The van der Waals surface area contributed by atoms with Gasteiger partial charge in [-0.25, -0.2) is 0 Å². The molecule has 0 aromatic rings. The molecule has 1 atom stereocenters. The van der Waals surface area contributed by atoms with E-state index in [1.54, 1.807) is 0 Å². The molecule has 162 valence electrons. The molecule has 0 heterocycles. The summed E-state index contributed by atoms with van der Waals surface area (Å²) in [6, 6.07) is 0.766. The summed E-state index contributed by atoms with van der Waals surface area (Å²) in [5.41, 5.74) is 0. The van der Waals surface area contributed by atoms with E-state index in [9.17, 15) is 4.79 Å². The molecule has 0 radical (unpaired) electrons. The predicted molar refractivity (Wildman–Crippen MR) is 125 cm³/mol. The summed E-state index contributed by atoms with van der Waals surface area (Å²) in [6.07, 6.45) is 0.822. The second kappa shape index (κ2) is 10.3. The highest BCUT2D eigenvalue weighted by Crippen LogP contribution is 2.29. The van der Waals surface area contributed by atoms with Crippen LogP contribution in [0, 0.1) is 11.8 Å². The van der Waals surface area contributed by atoms with Crippen LogP contribution >= 0.6 is 0 Å². The Labute approximate surface area is 172 Å². The van der Waals surface area contributed by atoms with Crippen molar-refractivity contribution in [3.8, 4) is 0 Å². The van der Waals surface area contributed by atoms with Gasteiger partial charge in [-0.3, -0.25) is 4.79 Å². The smallest absolute Gasteiger partial charge is 0.417 e. The zero-order valence-corrected chi connectivity index (χ0v) is 23.9. The summed E-state index contributed by atoms with van der Waals surface area (Å²) >= 11 is 0.